The van der Waals surface area contributed by atoms with Crippen molar-refractivity contribution in [2.24, 2.45) is 23.2 Å². The Hall–Kier alpha value is -1.36. The minimum atomic E-state index is -1.09. The molecule has 1 saturated heterocycles. The lowest BCUT2D eigenvalue weighted by Crippen LogP contribution is -2.50. The van der Waals surface area contributed by atoms with Crippen LogP contribution in [0, 0.1) is 23.2 Å². The monoisotopic (exact) mass is 280 g/mol. The van der Waals surface area contributed by atoms with E-state index in [4.69, 9.17) is 9.84 Å². The fraction of sp³-hybridized carbons (Fsp3) is 0.733. The van der Waals surface area contributed by atoms with Gasteiger partial charge < -0.3 is 14.9 Å². The molecule has 2 aliphatic carbocycles. The average molecular weight is 280 g/mol. The summed E-state index contributed by atoms with van der Waals surface area (Å²) in [6.45, 7) is 5.45. The van der Waals surface area contributed by atoms with Gasteiger partial charge in [0, 0.05) is 35.0 Å². The van der Waals surface area contributed by atoms with Crippen molar-refractivity contribution >= 4 is 11.9 Å². The molecule has 2 N–H and O–H groups in total. The Balaban J connectivity index is 2.02. The van der Waals surface area contributed by atoms with Crippen LogP contribution in [-0.4, -0.2) is 34.4 Å². The third kappa shape index (κ3) is 1.47. The van der Waals surface area contributed by atoms with Gasteiger partial charge in [-0.05, 0) is 32.6 Å². The minimum absolute atomic E-state index is 0.00856. The summed E-state index contributed by atoms with van der Waals surface area (Å²) in [5, 5.41) is 18.9. The van der Waals surface area contributed by atoms with Crippen LogP contribution in [-0.2, 0) is 14.3 Å². The SMILES string of the molecule is CC(C(=O)O)=C1CC2C(C)(CO)C3CC3C2(C)OC1=O. The summed E-state index contributed by atoms with van der Waals surface area (Å²) in [5.41, 5.74) is -0.537. The summed E-state index contributed by atoms with van der Waals surface area (Å²) < 4.78 is 5.66. The predicted octanol–water partition coefficient (Wildman–Crippen LogP) is 1.36. The first-order valence-electron chi connectivity index (χ1n) is 7.03. The lowest BCUT2D eigenvalue weighted by atomic mass is 9.67. The molecule has 1 aliphatic heterocycles. The Morgan fingerprint density at radius 1 is 1.40 bits per heavy atom. The van der Waals surface area contributed by atoms with Crippen molar-refractivity contribution in [3.63, 3.8) is 0 Å². The summed E-state index contributed by atoms with van der Waals surface area (Å²) in [6.07, 6.45) is 1.37. The number of carboxylic acids is 1. The zero-order chi connectivity index (χ0) is 14.9. The van der Waals surface area contributed by atoms with Gasteiger partial charge in [0.15, 0.2) is 0 Å². The maximum Gasteiger partial charge on any atom is 0.335 e. The van der Waals surface area contributed by atoms with Gasteiger partial charge in [0.1, 0.15) is 5.60 Å². The number of esters is 1. The third-order valence-electron chi connectivity index (χ3n) is 5.94. The van der Waals surface area contributed by atoms with Gasteiger partial charge in [-0.1, -0.05) is 6.92 Å². The highest BCUT2D eigenvalue weighted by Gasteiger charge is 2.74. The number of fused-ring (bicyclic) bond motifs is 3. The zero-order valence-corrected chi connectivity index (χ0v) is 12.0. The molecule has 0 aromatic heterocycles. The minimum Gasteiger partial charge on any atom is -0.478 e. The molecule has 0 aromatic rings. The molecule has 3 aliphatic rings. The number of aliphatic carboxylic acids is 1. The highest BCUT2D eigenvalue weighted by Crippen LogP contribution is 2.72. The second-order valence-corrected chi connectivity index (χ2v) is 6.85. The molecule has 3 fully saturated rings. The molecule has 1 heterocycles. The van der Waals surface area contributed by atoms with Crippen LogP contribution in [0.4, 0.5) is 0 Å². The van der Waals surface area contributed by atoms with Gasteiger partial charge in [-0.15, -0.1) is 0 Å². The standard InChI is InChI=1S/C15H20O5/c1-7(12(17)18)8-4-11-14(2,6-16)9-5-10(9)15(11,3)20-13(8)19/h9-11,16H,4-6H2,1-3H3,(H,17,18). The molecule has 5 atom stereocenters. The second-order valence-electron chi connectivity index (χ2n) is 6.85. The van der Waals surface area contributed by atoms with Crippen LogP contribution in [0.15, 0.2) is 11.1 Å². The number of ether oxygens (including phenoxy) is 1. The van der Waals surface area contributed by atoms with Crippen LogP contribution in [0.2, 0.25) is 0 Å². The normalized spacial score (nSPS) is 48.2. The van der Waals surface area contributed by atoms with Crippen LogP contribution in [0.1, 0.15) is 33.6 Å². The van der Waals surface area contributed by atoms with Gasteiger partial charge >= 0.3 is 11.9 Å². The fourth-order valence-corrected chi connectivity index (χ4v) is 4.52. The highest BCUT2D eigenvalue weighted by molar-refractivity contribution is 6.00. The molecule has 3 rings (SSSR count). The summed E-state index contributed by atoms with van der Waals surface area (Å²) in [5.74, 6) is -0.920. The molecule has 0 spiro atoms. The lowest BCUT2D eigenvalue weighted by Gasteiger charge is -2.45. The summed E-state index contributed by atoms with van der Waals surface area (Å²) >= 11 is 0. The molecule has 5 heteroatoms. The Bertz CT molecular complexity index is 536. The van der Waals surface area contributed by atoms with E-state index in [-0.39, 0.29) is 29.1 Å². The maximum atomic E-state index is 12.1. The number of carbonyl (C=O) groups excluding carboxylic acids is 1. The molecular weight excluding hydrogens is 260 g/mol. The van der Waals surface area contributed by atoms with Crippen molar-refractivity contribution in [3.05, 3.63) is 11.1 Å². The van der Waals surface area contributed by atoms with Crippen LogP contribution in [0.3, 0.4) is 0 Å². The van der Waals surface area contributed by atoms with Gasteiger partial charge in [0.2, 0.25) is 0 Å². The smallest absolute Gasteiger partial charge is 0.335 e. The molecule has 5 unspecified atom stereocenters. The summed E-state index contributed by atoms with van der Waals surface area (Å²) in [7, 11) is 0. The van der Waals surface area contributed by atoms with Crippen LogP contribution < -0.4 is 0 Å². The molecule has 0 aromatic carbocycles. The van der Waals surface area contributed by atoms with Gasteiger partial charge in [-0.3, -0.25) is 0 Å². The average Bonchev–Trinajstić information content (AvgIpc) is 3.15. The molecule has 0 radical (unpaired) electrons. The fourth-order valence-electron chi connectivity index (χ4n) is 4.52. The molecular formula is C15H20O5. The van der Waals surface area contributed by atoms with E-state index in [1.165, 1.54) is 6.92 Å². The quantitative estimate of drug-likeness (QED) is 0.589. The van der Waals surface area contributed by atoms with E-state index in [0.29, 0.717) is 18.3 Å². The molecule has 20 heavy (non-hydrogen) atoms. The van der Waals surface area contributed by atoms with Gasteiger partial charge in [0.25, 0.3) is 0 Å². The van der Waals surface area contributed by atoms with Crippen LogP contribution >= 0.6 is 0 Å². The number of rotatable bonds is 2. The van der Waals surface area contributed by atoms with E-state index in [1.807, 2.05) is 13.8 Å². The molecule has 5 nitrogen and oxygen atoms in total. The van der Waals surface area contributed by atoms with Gasteiger partial charge in [-0.25, -0.2) is 9.59 Å². The predicted molar refractivity (Wildman–Crippen MR) is 69.7 cm³/mol. The van der Waals surface area contributed by atoms with E-state index in [2.05, 4.69) is 0 Å². The number of carbonyl (C=O) groups is 2. The number of aliphatic hydroxyl groups is 1. The number of carboxylic acid groups (broad SMARTS) is 1. The first kappa shape index (κ1) is 13.6. The molecule has 0 amide bonds. The Morgan fingerprint density at radius 2 is 2.05 bits per heavy atom. The van der Waals surface area contributed by atoms with Crippen molar-refractivity contribution < 1.29 is 24.5 Å². The summed E-state index contributed by atoms with van der Waals surface area (Å²) in [6, 6.07) is 0. The van der Waals surface area contributed by atoms with Crippen LogP contribution in [0.25, 0.3) is 0 Å². The van der Waals surface area contributed by atoms with Crippen LogP contribution in [0.5, 0.6) is 0 Å². The van der Waals surface area contributed by atoms with E-state index in [0.717, 1.165) is 6.42 Å². The largest absolute Gasteiger partial charge is 0.478 e. The van der Waals surface area contributed by atoms with Crippen molar-refractivity contribution in [2.75, 3.05) is 6.61 Å². The number of hydrogen-bond donors (Lipinski definition) is 2. The van der Waals surface area contributed by atoms with Crippen molar-refractivity contribution in [1.29, 1.82) is 0 Å². The third-order valence-corrected chi connectivity index (χ3v) is 5.94. The molecule has 0 bridgehead atoms. The van der Waals surface area contributed by atoms with Crippen molar-refractivity contribution in [2.45, 2.75) is 39.2 Å². The number of aliphatic hydroxyl groups excluding tert-OH is 1. The van der Waals surface area contributed by atoms with E-state index >= 15 is 0 Å². The van der Waals surface area contributed by atoms with Crippen molar-refractivity contribution in [3.8, 4) is 0 Å². The summed E-state index contributed by atoms with van der Waals surface area (Å²) in [4.78, 5) is 23.3. The maximum absolute atomic E-state index is 12.1. The highest BCUT2D eigenvalue weighted by atomic mass is 16.6. The molecule has 2 saturated carbocycles. The van der Waals surface area contributed by atoms with Gasteiger partial charge in [0.05, 0.1) is 0 Å². The van der Waals surface area contributed by atoms with E-state index in [1.54, 1.807) is 0 Å². The first-order valence-corrected chi connectivity index (χ1v) is 7.03. The Kier molecular flexibility index (Phi) is 2.62. The van der Waals surface area contributed by atoms with E-state index < -0.39 is 17.5 Å². The number of hydrogen-bond acceptors (Lipinski definition) is 4. The van der Waals surface area contributed by atoms with E-state index in [9.17, 15) is 14.7 Å². The van der Waals surface area contributed by atoms with Crippen molar-refractivity contribution in [1.82, 2.24) is 0 Å². The lowest BCUT2D eigenvalue weighted by molar-refractivity contribution is -0.172. The topological polar surface area (TPSA) is 83.8 Å². The first-order chi connectivity index (χ1) is 9.25. The Morgan fingerprint density at radius 3 is 2.60 bits per heavy atom. The molecule has 110 valence electrons. The second kappa shape index (κ2) is 3.85. The Labute approximate surface area is 117 Å². The zero-order valence-electron chi connectivity index (χ0n) is 12.0. The van der Waals surface area contributed by atoms with Gasteiger partial charge in [-0.2, -0.15) is 0 Å².